The Morgan fingerprint density at radius 3 is 2.61 bits per heavy atom. The van der Waals surface area contributed by atoms with Crippen LogP contribution >= 0.6 is 23.4 Å². The van der Waals surface area contributed by atoms with E-state index in [0.29, 0.717) is 16.1 Å². The van der Waals surface area contributed by atoms with Crippen molar-refractivity contribution in [1.82, 2.24) is 9.97 Å². The molecule has 0 saturated heterocycles. The third kappa shape index (κ3) is 5.11. The van der Waals surface area contributed by atoms with Crippen molar-refractivity contribution in [1.29, 1.82) is 0 Å². The van der Waals surface area contributed by atoms with E-state index in [-0.39, 0.29) is 5.56 Å². The number of nitrogens with zero attached hydrogens (tertiary/aromatic N) is 3. The van der Waals surface area contributed by atoms with Gasteiger partial charge in [-0.15, -0.1) is 0 Å². The van der Waals surface area contributed by atoms with Crippen molar-refractivity contribution < 1.29 is 9.90 Å². The first-order valence-corrected chi connectivity index (χ1v) is 8.54. The summed E-state index contributed by atoms with van der Waals surface area (Å²) in [6, 6.07) is 8.32. The van der Waals surface area contributed by atoms with E-state index in [0.717, 1.165) is 24.3 Å². The number of benzene rings is 1. The van der Waals surface area contributed by atoms with Crippen LogP contribution in [0.5, 0.6) is 0 Å². The Hall–Kier alpha value is -1.79. The Morgan fingerprint density at radius 1 is 1.30 bits per heavy atom. The molecule has 0 aliphatic carbocycles. The Balaban J connectivity index is 2.06. The molecule has 5 nitrogen and oxygen atoms in total. The maximum atomic E-state index is 10.7. The number of aromatic carboxylic acids is 1. The van der Waals surface area contributed by atoms with Crippen molar-refractivity contribution in [2.45, 2.75) is 24.3 Å². The summed E-state index contributed by atoms with van der Waals surface area (Å²) in [4.78, 5) is 21.5. The molecule has 0 aliphatic heterocycles. The molecule has 122 valence electrons. The van der Waals surface area contributed by atoms with Gasteiger partial charge in [-0.1, -0.05) is 54.6 Å². The van der Waals surface area contributed by atoms with Crippen molar-refractivity contribution in [3.8, 4) is 0 Å². The highest BCUT2D eigenvalue weighted by atomic mass is 35.5. The van der Waals surface area contributed by atoms with Crippen LogP contribution in [0.4, 0.5) is 5.82 Å². The Kier molecular flexibility index (Phi) is 6.24. The van der Waals surface area contributed by atoms with Gasteiger partial charge in [-0.3, -0.25) is 0 Å². The van der Waals surface area contributed by atoms with Gasteiger partial charge in [-0.05, 0) is 17.5 Å². The Bertz CT molecular complexity index is 680. The lowest BCUT2D eigenvalue weighted by atomic mass is 10.1. The zero-order chi connectivity index (χ0) is 16.8. The predicted octanol–water partition coefficient (Wildman–Crippen LogP) is 2.63. The molecule has 1 heterocycles. The van der Waals surface area contributed by atoms with E-state index in [1.165, 1.54) is 23.9 Å². The minimum absolute atomic E-state index is 0.168. The lowest BCUT2D eigenvalue weighted by Gasteiger charge is -2.17. The fourth-order valence-electron chi connectivity index (χ4n) is 1.98. The summed E-state index contributed by atoms with van der Waals surface area (Å²) in [6.07, 6.45) is 1.02. The van der Waals surface area contributed by atoms with Gasteiger partial charge in [0.15, 0.2) is 5.16 Å². The van der Waals surface area contributed by atoms with E-state index in [1.54, 1.807) is 18.2 Å². The third-order valence-corrected chi connectivity index (χ3v) is 4.28. The average Bonchev–Trinajstić information content (AvgIpc) is 2.53. The number of carboxylic acid groups (broad SMARTS) is 1. The Labute approximate surface area is 144 Å². The molecule has 2 aromatic rings. The molecule has 0 unspecified atom stereocenters. The van der Waals surface area contributed by atoms with E-state index in [2.05, 4.69) is 16.9 Å². The summed E-state index contributed by atoms with van der Waals surface area (Å²) in [5.74, 6) is 0.248. The van der Waals surface area contributed by atoms with Crippen LogP contribution in [-0.4, -0.2) is 29.5 Å². The predicted molar refractivity (Wildman–Crippen MR) is 90.9 cm³/mol. The van der Waals surface area contributed by atoms with Gasteiger partial charge in [0.1, 0.15) is 11.0 Å². The normalized spacial score (nSPS) is 10.6. The van der Waals surface area contributed by atoms with Gasteiger partial charge in [0.25, 0.3) is 0 Å². The zero-order valence-corrected chi connectivity index (χ0v) is 14.5. The maximum absolute atomic E-state index is 10.7. The number of carboxylic acids is 1. The molecule has 0 radical (unpaired) electrons. The van der Waals surface area contributed by atoms with Gasteiger partial charge in [-0.2, -0.15) is 0 Å². The monoisotopic (exact) mass is 350 g/mol. The summed E-state index contributed by atoms with van der Waals surface area (Å²) < 4.78 is 0. The van der Waals surface area contributed by atoms with E-state index < -0.39 is 5.97 Å². The molecule has 1 aromatic carbocycles. The summed E-state index contributed by atoms with van der Waals surface area (Å²) >= 11 is 7.52. The summed E-state index contributed by atoms with van der Waals surface area (Å²) in [6.45, 7) is 2.99. The quantitative estimate of drug-likeness (QED) is 0.434. The Morgan fingerprint density at radius 2 is 2.00 bits per heavy atom. The highest BCUT2D eigenvalue weighted by molar-refractivity contribution is 7.98. The van der Waals surface area contributed by atoms with E-state index >= 15 is 0 Å². The molecule has 1 aromatic heterocycles. The first-order chi connectivity index (χ1) is 11.0. The standard InChI is InChI=1S/C16H18ClN3O2S/c1-3-8-20(2)14-9-13(17)18-16(19-14)23-10-11-4-6-12(7-5-11)15(21)22/h4-7,9H,3,8,10H2,1-2H3,(H,21,22)/p-1. The van der Waals surface area contributed by atoms with Gasteiger partial charge in [0, 0.05) is 25.4 Å². The highest BCUT2D eigenvalue weighted by Crippen LogP contribution is 2.24. The average molecular weight is 351 g/mol. The van der Waals surface area contributed by atoms with Crippen LogP contribution in [0.2, 0.25) is 5.15 Å². The maximum Gasteiger partial charge on any atom is 0.191 e. The van der Waals surface area contributed by atoms with E-state index in [4.69, 9.17) is 11.6 Å². The molecule has 2 rings (SSSR count). The summed E-state index contributed by atoms with van der Waals surface area (Å²) in [5.41, 5.74) is 1.15. The van der Waals surface area contributed by atoms with Crippen LogP contribution in [-0.2, 0) is 5.75 Å². The van der Waals surface area contributed by atoms with Crippen molar-refractivity contribution in [3.63, 3.8) is 0 Å². The van der Waals surface area contributed by atoms with Gasteiger partial charge in [-0.25, -0.2) is 9.97 Å². The fourth-order valence-corrected chi connectivity index (χ4v) is 3.02. The number of thioether (sulfide) groups is 1. The van der Waals surface area contributed by atoms with Crippen molar-refractivity contribution in [2.75, 3.05) is 18.5 Å². The number of hydrogen-bond acceptors (Lipinski definition) is 6. The van der Waals surface area contributed by atoms with Gasteiger partial charge < -0.3 is 14.8 Å². The van der Waals surface area contributed by atoms with Crippen molar-refractivity contribution in [2.24, 2.45) is 0 Å². The number of anilines is 1. The number of carbonyl (C=O) groups excluding carboxylic acids is 1. The molecular weight excluding hydrogens is 334 g/mol. The number of hydrogen-bond donors (Lipinski definition) is 0. The second kappa shape index (κ2) is 8.17. The number of carbonyl (C=O) groups is 1. The molecule has 0 fully saturated rings. The number of rotatable bonds is 7. The first-order valence-electron chi connectivity index (χ1n) is 7.18. The van der Waals surface area contributed by atoms with E-state index in [9.17, 15) is 9.90 Å². The molecule has 0 amide bonds. The van der Waals surface area contributed by atoms with Crippen LogP contribution in [0.1, 0.15) is 29.3 Å². The van der Waals surface area contributed by atoms with Crippen LogP contribution in [0.3, 0.4) is 0 Å². The fraction of sp³-hybridized carbons (Fsp3) is 0.312. The molecule has 0 aliphatic rings. The van der Waals surface area contributed by atoms with Crippen LogP contribution < -0.4 is 10.0 Å². The van der Waals surface area contributed by atoms with Gasteiger partial charge >= 0.3 is 0 Å². The first kappa shape index (κ1) is 17.6. The topological polar surface area (TPSA) is 69.2 Å². The molecular formula is C16H17ClN3O2S-. The molecule has 7 heteroatoms. The second-order valence-electron chi connectivity index (χ2n) is 5.03. The van der Waals surface area contributed by atoms with Gasteiger partial charge in [0.05, 0.1) is 5.97 Å². The summed E-state index contributed by atoms with van der Waals surface area (Å²) in [5, 5.41) is 11.7. The second-order valence-corrected chi connectivity index (χ2v) is 6.36. The number of aromatic nitrogens is 2. The van der Waals surface area contributed by atoms with Crippen LogP contribution in [0.15, 0.2) is 35.5 Å². The highest BCUT2D eigenvalue weighted by Gasteiger charge is 2.08. The third-order valence-electron chi connectivity index (χ3n) is 3.17. The lowest BCUT2D eigenvalue weighted by Crippen LogP contribution is -2.21. The molecule has 0 N–H and O–H groups in total. The molecule has 0 spiro atoms. The van der Waals surface area contributed by atoms with Gasteiger partial charge in [0.2, 0.25) is 0 Å². The minimum Gasteiger partial charge on any atom is -0.545 e. The smallest absolute Gasteiger partial charge is 0.191 e. The molecule has 0 atom stereocenters. The molecule has 23 heavy (non-hydrogen) atoms. The SMILES string of the molecule is CCCN(C)c1cc(Cl)nc(SCc2ccc(C(=O)[O-])cc2)n1. The van der Waals surface area contributed by atoms with E-state index in [1.807, 2.05) is 11.9 Å². The van der Waals surface area contributed by atoms with Crippen LogP contribution in [0, 0.1) is 0 Å². The minimum atomic E-state index is -1.18. The zero-order valence-electron chi connectivity index (χ0n) is 13.0. The molecule has 0 saturated carbocycles. The van der Waals surface area contributed by atoms with Crippen molar-refractivity contribution >= 4 is 35.1 Å². The van der Waals surface area contributed by atoms with Crippen molar-refractivity contribution in [3.05, 3.63) is 46.6 Å². The lowest BCUT2D eigenvalue weighted by molar-refractivity contribution is -0.255. The summed E-state index contributed by atoms with van der Waals surface area (Å²) in [7, 11) is 1.97. The number of halogens is 1. The molecule has 0 bridgehead atoms. The van der Waals surface area contributed by atoms with Crippen LogP contribution in [0.25, 0.3) is 0 Å². The largest absolute Gasteiger partial charge is 0.545 e.